The number of nitrogens with zero attached hydrogens (tertiary/aromatic N) is 4. The summed E-state index contributed by atoms with van der Waals surface area (Å²) >= 11 is 0. The topological polar surface area (TPSA) is 72.7 Å². The second-order valence-corrected chi connectivity index (χ2v) is 5.81. The lowest BCUT2D eigenvalue weighted by Gasteiger charge is -2.09. The zero-order valence-electron chi connectivity index (χ0n) is 13.0. The Morgan fingerprint density at radius 1 is 1.12 bits per heavy atom. The van der Waals surface area contributed by atoms with Crippen LogP contribution in [0.25, 0.3) is 11.4 Å². The number of nitrogens with one attached hydrogen (secondary N) is 1. The van der Waals surface area contributed by atoms with Gasteiger partial charge in [-0.05, 0) is 47.5 Å². The molecule has 1 saturated carbocycles. The minimum atomic E-state index is -0.911. The number of amides is 1. The van der Waals surface area contributed by atoms with Gasteiger partial charge in [0.1, 0.15) is 17.2 Å². The van der Waals surface area contributed by atoms with Gasteiger partial charge >= 0.3 is 0 Å². The van der Waals surface area contributed by atoms with Crippen molar-refractivity contribution in [1.29, 1.82) is 0 Å². The van der Waals surface area contributed by atoms with E-state index in [1.54, 1.807) is 22.9 Å². The van der Waals surface area contributed by atoms with Crippen LogP contribution >= 0.6 is 0 Å². The van der Waals surface area contributed by atoms with Gasteiger partial charge in [-0.15, -0.1) is 5.10 Å². The normalized spacial score (nSPS) is 13.7. The third-order valence-electron chi connectivity index (χ3n) is 3.95. The third-order valence-corrected chi connectivity index (χ3v) is 3.95. The molecule has 4 rings (SSSR count). The summed E-state index contributed by atoms with van der Waals surface area (Å²) in [5.74, 6) is -2.08. The summed E-state index contributed by atoms with van der Waals surface area (Å²) in [6, 6.07) is 10.4. The molecule has 3 aromatic rings. The van der Waals surface area contributed by atoms with E-state index in [2.05, 4.69) is 20.8 Å². The Hall–Kier alpha value is -3.16. The number of rotatable bonds is 4. The van der Waals surface area contributed by atoms with Gasteiger partial charge in [-0.25, -0.2) is 13.5 Å². The number of halogens is 2. The van der Waals surface area contributed by atoms with Gasteiger partial charge in [0.05, 0.1) is 6.04 Å². The smallest absolute Gasteiger partial charge is 0.261 e. The first-order valence-electron chi connectivity index (χ1n) is 7.77. The van der Waals surface area contributed by atoms with Crippen molar-refractivity contribution in [3.05, 3.63) is 59.7 Å². The van der Waals surface area contributed by atoms with Crippen LogP contribution in [0.1, 0.15) is 29.2 Å². The Bertz CT molecular complexity index is 931. The fourth-order valence-corrected chi connectivity index (χ4v) is 2.59. The first-order chi connectivity index (χ1) is 12.1. The molecule has 8 heteroatoms. The van der Waals surface area contributed by atoms with Crippen LogP contribution in [-0.4, -0.2) is 26.1 Å². The number of carbonyl (C=O) groups excluding carboxylic acids is 1. The van der Waals surface area contributed by atoms with E-state index in [4.69, 9.17) is 0 Å². The molecule has 0 unspecified atom stereocenters. The van der Waals surface area contributed by atoms with Crippen LogP contribution in [0, 0.1) is 11.6 Å². The van der Waals surface area contributed by atoms with Crippen molar-refractivity contribution in [3.8, 4) is 11.4 Å². The molecule has 0 bridgehead atoms. The van der Waals surface area contributed by atoms with Crippen molar-refractivity contribution in [2.75, 3.05) is 5.32 Å². The molecule has 0 saturated heterocycles. The van der Waals surface area contributed by atoms with Gasteiger partial charge in [0.15, 0.2) is 5.82 Å². The predicted molar refractivity (Wildman–Crippen MR) is 85.8 cm³/mol. The second-order valence-electron chi connectivity index (χ2n) is 5.81. The van der Waals surface area contributed by atoms with E-state index in [9.17, 15) is 13.6 Å². The highest BCUT2D eigenvalue weighted by Gasteiger charge is 2.28. The molecule has 0 spiro atoms. The maximum Gasteiger partial charge on any atom is 0.261 e. The van der Waals surface area contributed by atoms with Gasteiger partial charge < -0.3 is 5.32 Å². The van der Waals surface area contributed by atoms with Crippen LogP contribution in [0.2, 0.25) is 0 Å². The molecule has 1 aromatic heterocycles. The molecule has 1 N–H and O–H groups in total. The van der Waals surface area contributed by atoms with Crippen molar-refractivity contribution in [1.82, 2.24) is 20.2 Å². The number of hydrogen-bond donors (Lipinski definition) is 1. The molecule has 25 heavy (non-hydrogen) atoms. The Morgan fingerprint density at radius 2 is 1.84 bits per heavy atom. The molecular formula is C17H13F2N5O. The van der Waals surface area contributed by atoms with Gasteiger partial charge in [0, 0.05) is 11.3 Å². The van der Waals surface area contributed by atoms with E-state index >= 15 is 0 Å². The maximum absolute atomic E-state index is 13.7. The third kappa shape index (κ3) is 2.98. The average molecular weight is 341 g/mol. The van der Waals surface area contributed by atoms with Crippen molar-refractivity contribution < 1.29 is 13.6 Å². The number of benzene rings is 2. The average Bonchev–Trinajstić information content (AvgIpc) is 3.31. The fourth-order valence-electron chi connectivity index (χ4n) is 2.59. The Balaban J connectivity index is 1.62. The molecule has 2 aromatic carbocycles. The summed E-state index contributed by atoms with van der Waals surface area (Å²) in [6.07, 6.45) is 2.06. The second kappa shape index (κ2) is 6.04. The lowest BCUT2D eigenvalue weighted by Crippen LogP contribution is -2.15. The number of anilines is 1. The Kier molecular flexibility index (Phi) is 3.72. The lowest BCUT2D eigenvalue weighted by atomic mass is 10.1. The highest BCUT2D eigenvalue weighted by Crippen LogP contribution is 2.36. The summed E-state index contributed by atoms with van der Waals surface area (Å²) < 4.78 is 29.2. The quantitative estimate of drug-likeness (QED) is 0.791. The summed E-state index contributed by atoms with van der Waals surface area (Å²) in [4.78, 5) is 12.2. The molecule has 0 radical (unpaired) electrons. The number of aromatic nitrogens is 4. The van der Waals surface area contributed by atoms with E-state index < -0.39 is 23.1 Å². The zero-order chi connectivity index (χ0) is 17.4. The van der Waals surface area contributed by atoms with Crippen LogP contribution in [-0.2, 0) is 0 Å². The molecule has 126 valence electrons. The fraction of sp³-hybridized carbons (Fsp3) is 0.176. The van der Waals surface area contributed by atoms with Crippen molar-refractivity contribution in [3.63, 3.8) is 0 Å². The molecule has 0 aliphatic heterocycles. The van der Waals surface area contributed by atoms with E-state index in [0.717, 1.165) is 25.0 Å². The van der Waals surface area contributed by atoms with Gasteiger partial charge in [0.2, 0.25) is 0 Å². The summed E-state index contributed by atoms with van der Waals surface area (Å²) in [5, 5.41) is 14.2. The lowest BCUT2D eigenvalue weighted by molar-refractivity contribution is 0.101. The summed E-state index contributed by atoms with van der Waals surface area (Å²) in [6.45, 7) is 0. The van der Waals surface area contributed by atoms with E-state index in [0.29, 0.717) is 23.1 Å². The van der Waals surface area contributed by atoms with Gasteiger partial charge in [0.25, 0.3) is 5.91 Å². The monoisotopic (exact) mass is 341 g/mol. The summed E-state index contributed by atoms with van der Waals surface area (Å²) in [7, 11) is 0. The SMILES string of the molecule is O=C(Nc1cccc(-c2nnnn2C2CC2)c1)c1c(F)cccc1F. The highest BCUT2D eigenvalue weighted by molar-refractivity contribution is 6.04. The van der Waals surface area contributed by atoms with E-state index in [1.807, 2.05) is 6.07 Å². The molecular weight excluding hydrogens is 328 g/mol. The number of hydrogen-bond acceptors (Lipinski definition) is 4. The molecule has 0 atom stereocenters. The van der Waals surface area contributed by atoms with Crippen LogP contribution in [0.4, 0.5) is 14.5 Å². The van der Waals surface area contributed by atoms with Gasteiger partial charge in [-0.1, -0.05) is 18.2 Å². The van der Waals surface area contributed by atoms with Gasteiger partial charge in [-0.3, -0.25) is 4.79 Å². The molecule has 1 aliphatic carbocycles. The molecule has 6 nitrogen and oxygen atoms in total. The standard InChI is InChI=1S/C17H13F2N5O/c18-13-5-2-6-14(19)15(13)17(25)20-11-4-1-3-10(9-11)16-21-22-23-24(16)12-7-8-12/h1-6,9,12H,7-8H2,(H,20,25). The largest absolute Gasteiger partial charge is 0.322 e. The minimum Gasteiger partial charge on any atom is -0.322 e. The Morgan fingerprint density at radius 3 is 2.56 bits per heavy atom. The number of carbonyl (C=O) groups is 1. The van der Waals surface area contributed by atoms with Crippen LogP contribution in [0.15, 0.2) is 42.5 Å². The van der Waals surface area contributed by atoms with E-state index in [1.165, 1.54) is 6.07 Å². The van der Waals surface area contributed by atoms with Crippen molar-refractivity contribution >= 4 is 11.6 Å². The molecule has 1 aliphatic rings. The Labute approximate surface area is 141 Å². The van der Waals surface area contributed by atoms with Crippen LogP contribution in [0.3, 0.4) is 0 Å². The van der Waals surface area contributed by atoms with Gasteiger partial charge in [-0.2, -0.15) is 0 Å². The molecule has 1 fully saturated rings. The predicted octanol–water partition coefficient (Wildman–Crippen LogP) is 3.21. The van der Waals surface area contributed by atoms with Crippen molar-refractivity contribution in [2.24, 2.45) is 0 Å². The van der Waals surface area contributed by atoms with E-state index in [-0.39, 0.29) is 0 Å². The maximum atomic E-state index is 13.7. The first-order valence-corrected chi connectivity index (χ1v) is 7.77. The first kappa shape index (κ1) is 15.4. The van der Waals surface area contributed by atoms with Crippen molar-refractivity contribution in [2.45, 2.75) is 18.9 Å². The minimum absolute atomic E-state index is 0.302. The molecule has 1 heterocycles. The van der Waals surface area contributed by atoms with Crippen LogP contribution in [0.5, 0.6) is 0 Å². The summed E-state index contributed by atoms with van der Waals surface area (Å²) in [5.41, 5.74) is 0.495. The zero-order valence-corrected chi connectivity index (χ0v) is 13.0. The highest BCUT2D eigenvalue weighted by atomic mass is 19.1. The van der Waals surface area contributed by atoms with Crippen LogP contribution < -0.4 is 5.32 Å². The number of tetrazole rings is 1. The molecule has 1 amide bonds.